The van der Waals surface area contributed by atoms with Gasteiger partial charge in [0.2, 0.25) is 0 Å². The van der Waals surface area contributed by atoms with Gasteiger partial charge in [-0.1, -0.05) is 0 Å². The van der Waals surface area contributed by atoms with Crippen LogP contribution in [0.3, 0.4) is 0 Å². The van der Waals surface area contributed by atoms with Crippen LogP contribution in [-0.4, -0.2) is 24.5 Å². The number of hydrogen-bond donors (Lipinski definition) is 1. The molecule has 1 aliphatic heterocycles. The molecule has 1 aromatic rings. The van der Waals surface area contributed by atoms with Crippen molar-refractivity contribution in [3.05, 3.63) is 32.6 Å². The van der Waals surface area contributed by atoms with Gasteiger partial charge < -0.3 is 0 Å². The van der Waals surface area contributed by atoms with Gasteiger partial charge in [0.1, 0.15) is 0 Å². The maximum atomic E-state index is 11.3. The van der Waals surface area contributed by atoms with Crippen molar-refractivity contribution in [3.8, 4) is 0 Å². The molecular formula is C8H10N2O2Se. The first-order chi connectivity index (χ1) is 6.18. The van der Waals surface area contributed by atoms with Gasteiger partial charge in [0.25, 0.3) is 0 Å². The van der Waals surface area contributed by atoms with E-state index in [1.165, 1.54) is 0 Å². The molecule has 1 fully saturated rings. The summed E-state index contributed by atoms with van der Waals surface area (Å²) in [5.41, 5.74) is 0.0705. The van der Waals surface area contributed by atoms with E-state index in [4.69, 9.17) is 0 Å². The SMILES string of the molecule is Cc1cn(C2C[Se]C2)c(=O)[nH]c1=O. The number of aromatic nitrogens is 2. The first-order valence-corrected chi connectivity index (χ1v) is 6.50. The number of nitrogens with one attached hydrogen (secondary N) is 1. The zero-order valence-corrected chi connectivity index (χ0v) is 8.95. The Bertz CT molecular complexity index is 431. The summed E-state index contributed by atoms with van der Waals surface area (Å²) in [6.45, 7) is 1.72. The fraction of sp³-hybridized carbons (Fsp3) is 0.500. The predicted octanol–water partition coefficient (Wildman–Crippen LogP) is -0.0595. The maximum absolute atomic E-state index is 11.3. The Morgan fingerprint density at radius 1 is 1.54 bits per heavy atom. The number of hydrogen-bond acceptors (Lipinski definition) is 2. The summed E-state index contributed by atoms with van der Waals surface area (Å²) in [4.78, 5) is 24.7. The molecule has 0 aromatic carbocycles. The van der Waals surface area contributed by atoms with E-state index >= 15 is 0 Å². The molecule has 0 atom stereocenters. The second-order valence-corrected chi connectivity index (χ2v) is 5.43. The summed E-state index contributed by atoms with van der Waals surface area (Å²) < 4.78 is 1.65. The van der Waals surface area contributed by atoms with E-state index in [2.05, 4.69) is 4.98 Å². The average Bonchev–Trinajstić information content (AvgIpc) is 1.96. The Kier molecular flexibility index (Phi) is 2.14. The Morgan fingerprint density at radius 3 is 2.77 bits per heavy atom. The molecule has 1 saturated heterocycles. The Balaban J connectivity index is 2.51. The molecule has 0 amide bonds. The van der Waals surface area contributed by atoms with E-state index in [0.717, 1.165) is 10.6 Å². The van der Waals surface area contributed by atoms with Gasteiger partial charge in [-0.2, -0.15) is 0 Å². The van der Waals surface area contributed by atoms with Crippen molar-refractivity contribution >= 4 is 15.0 Å². The third-order valence-electron chi connectivity index (χ3n) is 2.16. The van der Waals surface area contributed by atoms with Crippen molar-refractivity contribution < 1.29 is 0 Å². The topological polar surface area (TPSA) is 54.9 Å². The summed E-state index contributed by atoms with van der Waals surface area (Å²) in [5, 5.41) is 2.22. The van der Waals surface area contributed by atoms with Gasteiger partial charge >= 0.3 is 80.7 Å². The van der Waals surface area contributed by atoms with Crippen LogP contribution in [0, 0.1) is 6.92 Å². The molecule has 0 spiro atoms. The molecule has 0 aliphatic carbocycles. The van der Waals surface area contributed by atoms with Crippen molar-refractivity contribution in [1.82, 2.24) is 9.55 Å². The molecule has 4 nitrogen and oxygen atoms in total. The normalized spacial score (nSPS) is 17.0. The quantitative estimate of drug-likeness (QED) is 0.705. The molecule has 1 N–H and O–H groups in total. The zero-order chi connectivity index (χ0) is 9.42. The third kappa shape index (κ3) is 1.49. The standard InChI is InChI=1S/C8H10N2O2Se/c1-5-2-10(6-3-13-4-6)8(12)9-7(5)11/h2,6H,3-4H2,1H3,(H,9,11,12). The van der Waals surface area contributed by atoms with Gasteiger partial charge in [0.05, 0.1) is 0 Å². The molecule has 5 heteroatoms. The molecular weight excluding hydrogens is 235 g/mol. The van der Waals surface area contributed by atoms with Crippen LogP contribution in [-0.2, 0) is 0 Å². The van der Waals surface area contributed by atoms with E-state index < -0.39 is 0 Å². The zero-order valence-electron chi connectivity index (χ0n) is 7.24. The minimum atomic E-state index is -0.272. The molecule has 2 heterocycles. The minimum absolute atomic E-state index is 0.267. The Labute approximate surface area is 81.1 Å². The first-order valence-electron chi connectivity index (χ1n) is 4.08. The first kappa shape index (κ1) is 8.78. The predicted molar refractivity (Wildman–Crippen MR) is 50.5 cm³/mol. The molecule has 0 bridgehead atoms. The van der Waals surface area contributed by atoms with Crippen LogP contribution in [0.25, 0.3) is 0 Å². The van der Waals surface area contributed by atoms with Crippen molar-refractivity contribution in [2.45, 2.75) is 23.6 Å². The van der Waals surface area contributed by atoms with Crippen LogP contribution >= 0.6 is 0 Å². The molecule has 1 aromatic heterocycles. The molecule has 13 heavy (non-hydrogen) atoms. The van der Waals surface area contributed by atoms with E-state index in [1.807, 2.05) is 0 Å². The molecule has 0 radical (unpaired) electrons. The van der Waals surface area contributed by atoms with Crippen LogP contribution in [0.15, 0.2) is 15.8 Å². The monoisotopic (exact) mass is 246 g/mol. The van der Waals surface area contributed by atoms with E-state index in [9.17, 15) is 9.59 Å². The summed E-state index contributed by atoms with van der Waals surface area (Å²) in [6, 6.07) is 0.336. The fourth-order valence-electron chi connectivity index (χ4n) is 1.24. The third-order valence-corrected chi connectivity index (χ3v) is 4.76. The van der Waals surface area contributed by atoms with Gasteiger partial charge in [-0.05, 0) is 0 Å². The molecule has 0 unspecified atom stereocenters. The molecule has 1 aliphatic rings. The van der Waals surface area contributed by atoms with Gasteiger partial charge in [-0.25, -0.2) is 0 Å². The summed E-state index contributed by atoms with van der Waals surface area (Å²) in [7, 11) is 0. The summed E-state index contributed by atoms with van der Waals surface area (Å²) >= 11 is 0.703. The molecule has 70 valence electrons. The molecule has 0 saturated carbocycles. The van der Waals surface area contributed by atoms with Crippen LogP contribution < -0.4 is 11.2 Å². The van der Waals surface area contributed by atoms with Crippen molar-refractivity contribution in [2.24, 2.45) is 0 Å². The summed E-state index contributed by atoms with van der Waals surface area (Å²) in [6.07, 6.45) is 1.67. The fourth-order valence-corrected chi connectivity index (χ4v) is 2.85. The Morgan fingerprint density at radius 2 is 2.23 bits per heavy atom. The molecule has 2 rings (SSSR count). The van der Waals surface area contributed by atoms with Gasteiger partial charge in [0, 0.05) is 0 Å². The number of H-pyrrole nitrogens is 1. The van der Waals surface area contributed by atoms with Crippen LogP contribution in [0.5, 0.6) is 0 Å². The number of aryl methyl sites for hydroxylation is 1. The van der Waals surface area contributed by atoms with Crippen LogP contribution in [0.4, 0.5) is 0 Å². The average molecular weight is 245 g/mol. The number of rotatable bonds is 1. The van der Waals surface area contributed by atoms with Crippen LogP contribution in [0.1, 0.15) is 11.6 Å². The summed E-state index contributed by atoms with van der Waals surface area (Å²) in [5.74, 6) is 0. The van der Waals surface area contributed by atoms with E-state index in [-0.39, 0.29) is 11.2 Å². The number of nitrogens with zero attached hydrogens (tertiary/aromatic N) is 1. The van der Waals surface area contributed by atoms with E-state index in [1.54, 1.807) is 17.7 Å². The van der Waals surface area contributed by atoms with Gasteiger partial charge in [0.15, 0.2) is 0 Å². The van der Waals surface area contributed by atoms with Crippen molar-refractivity contribution in [2.75, 3.05) is 0 Å². The van der Waals surface area contributed by atoms with E-state index in [0.29, 0.717) is 26.6 Å². The number of aromatic amines is 1. The second kappa shape index (κ2) is 3.16. The van der Waals surface area contributed by atoms with Crippen LogP contribution in [0.2, 0.25) is 10.6 Å². The van der Waals surface area contributed by atoms with Gasteiger partial charge in [-0.15, -0.1) is 0 Å². The van der Waals surface area contributed by atoms with Gasteiger partial charge in [-0.3, -0.25) is 0 Å². The van der Waals surface area contributed by atoms with Crippen molar-refractivity contribution in [3.63, 3.8) is 0 Å². The second-order valence-electron chi connectivity index (χ2n) is 3.17. The Hall–Kier alpha value is -0.801. The van der Waals surface area contributed by atoms with Crippen molar-refractivity contribution in [1.29, 1.82) is 0 Å².